The van der Waals surface area contributed by atoms with E-state index in [2.05, 4.69) is 5.32 Å². The molecule has 1 amide bonds. The van der Waals surface area contributed by atoms with Gasteiger partial charge in [-0.2, -0.15) is 0 Å². The Morgan fingerprint density at radius 3 is 1.56 bits per heavy atom. The quantitative estimate of drug-likeness (QED) is 0.431. The molecule has 2 atom stereocenters. The maximum Gasteiger partial charge on any atom is 0.326 e. The molecule has 0 saturated carbocycles. The van der Waals surface area contributed by atoms with Crippen molar-refractivity contribution >= 4 is 17.8 Å². The van der Waals surface area contributed by atoms with Crippen molar-refractivity contribution in [1.82, 2.24) is 5.32 Å². The van der Waals surface area contributed by atoms with Gasteiger partial charge < -0.3 is 21.3 Å². The van der Waals surface area contributed by atoms with E-state index in [1.807, 2.05) is 60.7 Å². The standard InChI is InChI=1S/C16H15NO3.C9H11NO2/c18-15(13-9-5-2-6-10-13)17-14(16(19)20)11-12-7-3-1-4-8-12;10-8(9(11)12)6-7-4-2-1-3-5-7/h1-10,14H,11H2,(H,17,18)(H,19,20);1-5,8H,6,10H2,(H,11,12)/t14-;8-/m00/s1. The van der Waals surface area contributed by atoms with Gasteiger partial charge in [0, 0.05) is 12.0 Å². The highest BCUT2D eigenvalue weighted by Crippen LogP contribution is 2.05. The lowest BCUT2D eigenvalue weighted by Gasteiger charge is -2.14. The van der Waals surface area contributed by atoms with E-state index in [0.29, 0.717) is 12.0 Å². The lowest BCUT2D eigenvalue weighted by atomic mass is 10.1. The number of carboxylic acids is 2. The number of nitrogens with two attached hydrogens (primary N) is 1. The monoisotopic (exact) mass is 434 g/mol. The number of hydrogen-bond acceptors (Lipinski definition) is 4. The van der Waals surface area contributed by atoms with Gasteiger partial charge in [0.25, 0.3) is 5.91 Å². The number of nitrogens with one attached hydrogen (secondary N) is 1. The van der Waals surface area contributed by atoms with E-state index in [9.17, 15) is 19.5 Å². The third kappa shape index (κ3) is 8.41. The van der Waals surface area contributed by atoms with Crippen LogP contribution in [0.1, 0.15) is 21.5 Å². The van der Waals surface area contributed by atoms with Gasteiger partial charge in [0.2, 0.25) is 0 Å². The number of carbonyl (C=O) groups excluding carboxylic acids is 1. The second-order valence-corrected chi connectivity index (χ2v) is 7.05. The molecule has 32 heavy (non-hydrogen) atoms. The molecule has 0 heterocycles. The average Bonchev–Trinajstić information content (AvgIpc) is 2.81. The Balaban J connectivity index is 0.000000258. The number of carbonyl (C=O) groups is 3. The van der Waals surface area contributed by atoms with Crippen LogP contribution in [0.25, 0.3) is 0 Å². The Morgan fingerprint density at radius 1 is 0.688 bits per heavy atom. The Labute approximate surface area is 186 Å². The van der Waals surface area contributed by atoms with Crippen molar-refractivity contribution in [2.75, 3.05) is 0 Å². The highest BCUT2D eigenvalue weighted by atomic mass is 16.4. The minimum atomic E-state index is -1.04. The number of rotatable bonds is 8. The molecule has 7 heteroatoms. The summed E-state index contributed by atoms with van der Waals surface area (Å²) in [6, 6.07) is 25.4. The van der Waals surface area contributed by atoms with Crippen LogP contribution < -0.4 is 11.1 Å². The second-order valence-electron chi connectivity index (χ2n) is 7.05. The van der Waals surface area contributed by atoms with Crippen molar-refractivity contribution in [2.24, 2.45) is 5.73 Å². The number of hydrogen-bond donors (Lipinski definition) is 4. The zero-order valence-electron chi connectivity index (χ0n) is 17.4. The molecule has 0 saturated heterocycles. The molecule has 0 spiro atoms. The Kier molecular flexibility index (Phi) is 9.62. The van der Waals surface area contributed by atoms with E-state index in [4.69, 9.17) is 10.8 Å². The van der Waals surface area contributed by atoms with Crippen molar-refractivity contribution in [3.8, 4) is 0 Å². The molecule has 3 aromatic carbocycles. The molecular weight excluding hydrogens is 408 g/mol. The first-order valence-electron chi connectivity index (χ1n) is 10.0. The van der Waals surface area contributed by atoms with Gasteiger partial charge in [0.15, 0.2) is 0 Å². The van der Waals surface area contributed by atoms with E-state index in [1.54, 1.807) is 30.3 Å². The van der Waals surface area contributed by atoms with Crippen LogP contribution in [0.4, 0.5) is 0 Å². The fourth-order valence-corrected chi connectivity index (χ4v) is 2.84. The SMILES string of the molecule is N[C@@H](Cc1ccccc1)C(=O)O.O=C(N[C@@H](Cc1ccccc1)C(=O)O)c1ccccc1. The smallest absolute Gasteiger partial charge is 0.326 e. The first-order valence-corrected chi connectivity index (χ1v) is 10.0. The van der Waals surface area contributed by atoms with E-state index in [1.165, 1.54) is 0 Å². The van der Waals surface area contributed by atoms with Crippen LogP contribution in [0.15, 0.2) is 91.0 Å². The average molecular weight is 434 g/mol. The molecule has 0 aromatic heterocycles. The predicted octanol–water partition coefficient (Wildman–Crippen LogP) is 2.75. The molecule has 0 unspecified atom stereocenters. The minimum absolute atomic E-state index is 0.259. The highest BCUT2D eigenvalue weighted by Gasteiger charge is 2.20. The first-order chi connectivity index (χ1) is 15.4. The summed E-state index contributed by atoms with van der Waals surface area (Å²) >= 11 is 0. The summed E-state index contributed by atoms with van der Waals surface area (Å²) < 4.78 is 0. The molecule has 0 bridgehead atoms. The Bertz CT molecular complexity index is 995. The van der Waals surface area contributed by atoms with Crippen LogP contribution in [0, 0.1) is 0 Å². The third-order valence-electron chi connectivity index (χ3n) is 4.54. The second kappa shape index (κ2) is 12.7. The van der Waals surface area contributed by atoms with Crippen LogP contribution in [0.5, 0.6) is 0 Å². The fraction of sp³-hybridized carbons (Fsp3) is 0.160. The molecule has 3 rings (SSSR count). The van der Waals surface area contributed by atoms with Crippen LogP contribution in [-0.2, 0) is 22.4 Å². The van der Waals surface area contributed by atoms with Gasteiger partial charge in [0.1, 0.15) is 12.1 Å². The topological polar surface area (TPSA) is 130 Å². The van der Waals surface area contributed by atoms with Gasteiger partial charge in [-0.05, 0) is 29.7 Å². The zero-order valence-corrected chi connectivity index (χ0v) is 17.4. The van der Waals surface area contributed by atoms with Crippen molar-refractivity contribution < 1.29 is 24.6 Å². The van der Waals surface area contributed by atoms with Crippen LogP contribution in [-0.4, -0.2) is 40.1 Å². The van der Waals surface area contributed by atoms with E-state index < -0.39 is 24.0 Å². The van der Waals surface area contributed by atoms with Gasteiger partial charge in [-0.25, -0.2) is 4.79 Å². The van der Waals surface area contributed by atoms with E-state index in [0.717, 1.165) is 11.1 Å². The van der Waals surface area contributed by atoms with Crippen LogP contribution in [0.3, 0.4) is 0 Å². The van der Waals surface area contributed by atoms with Crippen LogP contribution >= 0.6 is 0 Å². The molecule has 0 aliphatic rings. The highest BCUT2D eigenvalue weighted by molar-refractivity contribution is 5.96. The van der Waals surface area contributed by atoms with Crippen molar-refractivity contribution in [3.63, 3.8) is 0 Å². The molecule has 0 aliphatic carbocycles. The predicted molar refractivity (Wildman–Crippen MR) is 121 cm³/mol. The number of carboxylic acid groups (broad SMARTS) is 2. The van der Waals surface area contributed by atoms with E-state index in [-0.39, 0.29) is 12.3 Å². The molecule has 0 fully saturated rings. The summed E-state index contributed by atoms with van der Waals surface area (Å²) in [5.74, 6) is -2.38. The number of benzene rings is 3. The lowest BCUT2D eigenvalue weighted by molar-refractivity contribution is -0.139. The molecule has 5 N–H and O–H groups in total. The summed E-state index contributed by atoms with van der Waals surface area (Å²) in [4.78, 5) is 33.6. The Hall–Kier alpha value is -3.97. The van der Waals surface area contributed by atoms with Crippen molar-refractivity contribution in [2.45, 2.75) is 24.9 Å². The lowest BCUT2D eigenvalue weighted by Crippen LogP contribution is -2.42. The van der Waals surface area contributed by atoms with Crippen LogP contribution in [0.2, 0.25) is 0 Å². The number of amides is 1. The number of aliphatic carboxylic acids is 2. The summed E-state index contributed by atoms with van der Waals surface area (Å²) in [6.07, 6.45) is 0.644. The third-order valence-corrected chi connectivity index (χ3v) is 4.54. The molecular formula is C25H26N2O5. The van der Waals surface area contributed by atoms with E-state index >= 15 is 0 Å². The van der Waals surface area contributed by atoms with Gasteiger partial charge in [0.05, 0.1) is 0 Å². The summed E-state index contributed by atoms with van der Waals surface area (Å²) in [6.45, 7) is 0. The van der Waals surface area contributed by atoms with Crippen molar-refractivity contribution in [3.05, 3.63) is 108 Å². The summed E-state index contributed by atoms with van der Waals surface area (Å²) in [5.41, 5.74) is 7.62. The normalized spacial score (nSPS) is 11.9. The van der Waals surface area contributed by atoms with Gasteiger partial charge in [-0.3, -0.25) is 9.59 Å². The molecule has 7 nitrogen and oxygen atoms in total. The minimum Gasteiger partial charge on any atom is -0.480 e. The van der Waals surface area contributed by atoms with Crippen molar-refractivity contribution in [1.29, 1.82) is 0 Å². The maximum atomic E-state index is 12.0. The van der Waals surface area contributed by atoms with Gasteiger partial charge in [-0.1, -0.05) is 78.9 Å². The fourth-order valence-electron chi connectivity index (χ4n) is 2.84. The largest absolute Gasteiger partial charge is 0.480 e. The zero-order chi connectivity index (χ0) is 23.3. The molecule has 0 radical (unpaired) electrons. The molecule has 3 aromatic rings. The summed E-state index contributed by atoms with van der Waals surface area (Å²) in [7, 11) is 0. The molecule has 166 valence electrons. The Morgan fingerprint density at radius 2 is 1.12 bits per heavy atom. The first kappa shape index (κ1) is 24.3. The summed E-state index contributed by atoms with van der Waals surface area (Å²) in [5, 5.41) is 20.3. The van der Waals surface area contributed by atoms with Gasteiger partial charge >= 0.3 is 11.9 Å². The van der Waals surface area contributed by atoms with Gasteiger partial charge in [-0.15, -0.1) is 0 Å². The maximum absolute atomic E-state index is 12.0. The molecule has 0 aliphatic heterocycles.